The summed E-state index contributed by atoms with van der Waals surface area (Å²) < 4.78 is 4.93. The predicted molar refractivity (Wildman–Crippen MR) is 45.9 cm³/mol. The zero-order valence-electron chi connectivity index (χ0n) is 7.84. The van der Waals surface area contributed by atoms with Gasteiger partial charge in [-0.15, -0.1) is 0 Å². The molecule has 1 amide bonds. The molecule has 0 fully saturated rings. The maximum absolute atomic E-state index is 11.1. The normalized spacial score (nSPS) is 10.7. The molecule has 0 radical (unpaired) electrons. The molecule has 0 saturated heterocycles. The average Bonchev–Trinajstić information content (AvgIpc) is 1.82. The highest BCUT2D eigenvalue weighted by atomic mass is 16.6. The number of nitrogens with two attached hydrogens (primary N) is 1. The molecule has 0 aliphatic rings. The van der Waals surface area contributed by atoms with Gasteiger partial charge in [0.15, 0.2) is 5.96 Å². The Balaban J connectivity index is 4.15. The van der Waals surface area contributed by atoms with E-state index in [2.05, 4.69) is 0 Å². The van der Waals surface area contributed by atoms with E-state index in [9.17, 15) is 4.79 Å². The number of guanidine groups is 1. The van der Waals surface area contributed by atoms with Crippen LogP contribution in [0.5, 0.6) is 0 Å². The molecule has 5 nitrogen and oxygen atoms in total. The van der Waals surface area contributed by atoms with E-state index in [4.69, 9.17) is 15.9 Å². The zero-order chi connectivity index (χ0) is 9.94. The number of ether oxygens (including phenoxy) is 1. The van der Waals surface area contributed by atoms with Crippen LogP contribution in [-0.2, 0) is 4.74 Å². The van der Waals surface area contributed by atoms with Gasteiger partial charge in [-0.25, -0.2) is 4.79 Å². The van der Waals surface area contributed by atoms with Crippen molar-refractivity contribution in [3.8, 4) is 0 Å². The third-order valence-corrected chi connectivity index (χ3v) is 1.03. The number of carbonyl (C=O) groups excluding carboxylic acids is 1. The number of rotatable bonds is 0. The number of nitrogens with zero attached hydrogens (tertiary/aromatic N) is 1. The third kappa shape index (κ3) is 3.80. The van der Waals surface area contributed by atoms with Gasteiger partial charge in [-0.05, 0) is 20.8 Å². The first kappa shape index (κ1) is 10.7. The van der Waals surface area contributed by atoms with Crippen molar-refractivity contribution in [1.82, 2.24) is 4.90 Å². The Kier molecular flexibility index (Phi) is 3.06. The monoisotopic (exact) mass is 173 g/mol. The SMILES string of the molecule is CN(C(=N)N)C(=O)OC(C)(C)C. The van der Waals surface area contributed by atoms with Crippen LogP contribution in [0, 0.1) is 5.41 Å². The third-order valence-electron chi connectivity index (χ3n) is 1.03. The lowest BCUT2D eigenvalue weighted by Gasteiger charge is -2.23. The largest absolute Gasteiger partial charge is 0.443 e. The van der Waals surface area contributed by atoms with E-state index in [1.807, 2.05) is 0 Å². The van der Waals surface area contributed by atoms with Crippen molar-refractivity contribution in [3.63, 3.8) is 0 Å². The van der Waals surface area contributed by atoms with Crippen molar-refractivity contribution in [3.05, 3.63) is 0 Å². The van der Waals surface area contributed by atoms with Crippen LogP contribution in [0.4, 0.5) is 4.79 Å². The highest BCUT2D eigenvalue weighted by Crippen LogP contribution is 2.08. The molecule has 0 saturated carbocycles. The molecule has 12 heavy (non-hydrogen) atoms. The molecule has 0 bridgehead atoms. The number of hydrogen-bond acceptors (Lipinski definition) is 3. The van der Waals surface area contributed by atoms with Gasteiger partial charge in [0.2, 0.25) is 0 Å². The van der Waals surface area contributed by atoms with Gasteiger partial charge in [-0.1, -0.05) is 0 Å². The molecule has 70 valence electrons. The quantitative estimate of drug-likeness (QED) is 0.419. The Morgan fingerprint density at radius 1 is 1.50 bits per heavy atom. The van der Waals surface area contributed by atoms with Gasteiger partial charge >= 0.3 is 6.09 Å². The van der Waals surface area contributed by atoms with Gasteiger partial charge in [0, 0.05) is 7.05 Å². The Morgan fingerprint density at radius 3 is 2.17 bits per heavy atom. The van der Waals surface area contributed by atoms with Crippen molar-refractivity contribution in [2.45, 2.75) is 26.4 Å². The standard InChI is InChI=1S/C7H15N3O2/c1-7(2,3)12-6(11)10(4)5(8)9/h1-4H3,(H3,8,9). The van der Waals surface area contributed by atoms with Gasteiger partial charge < -0.3 is 10.5 Å². The Hall–Kier alpha value is -1.26. The molecule has 0 rings (SSSR count). The summed E-state index contributed by atoms with van der Waals surface area (Å²) in [5.74, 6) is -0.329. The predicted octanol–water partition coefficient (Wildman–Crippen LogP) is 0.747. The van der Waals surface area contributed by atoms with Gasteiger partial charge in [-0.3, -0.25) is 10.3 Å². The summed E-state index contributed by atoms with van der Waals surface area (Å²) in [7, 11) is 1.39. The fourth-order valence-corrected chi connectivity index (χ4v) is 0.429. The molecule has 0 aliphatic carbocycles. The van der Waals surface area contributed by atoms with Crippen LogP contribution in [0.25, 0.3) is 0 Å². The lowest BCUT2D eigenvalue weighted by Crippen LogP contribution is -2.41. The lowest BCUT2D eigenvalue weighted by molar-refractivity contribution is 0.0399. The number of amides is 1. The van der Waals surface area contributed by atoms with Gasteiger partial charge in [0.05, 0.1) is 0 Å². The Morgan fingerprint density at radius 2 is 1.92 bits per heavy atom. The summed E-state index contributed by atoms with van der Waals surface area (Å²) in [6.45, 7) is 5.25. The molecule has 0 aromatic heterocycles. The molecule has 3 N–H and O–H groups in total. The van der Waals surface area contributed by atoms with Gasteiger partial charge in [-0.2, -0.15) is 0 Å². The summed E-state index contributed by atoms with van der Waals surface area (Å²) in [5.41, 5.74) is 4.51. The van der Waals surface area contributed by atoms with Crippen molar-refractivity contribution >= 4 is 12.1 Å². The Labute approximate surface area is 72.0 Å². The molecule has 0 atom stereocenters. The lowest BCUT2D eigenvalue weighted by atomic mass is 10.2. The molecule has 0 spiro atoms. The molecular weight excluding hydrogens is 158 g/mol. The Bertz CT molecular complexity index is 195. The van der Waals surface area contributed by atoms with Crippen molar-refractivity contribution < 1.29 is 9.53 Å². The van der Waals surface area contributed by atoms with E-state index < -0.39 is 11.7 Å². The topological polar surface area (TPSA) is 79.4 Å². The van der Waals surface area contributed by atoms with E-state index >= 15 is 0 Å². The fourth-order valence-electron chi connectivity index (χ4n) is 0.429. The van der Waals surface area contributed by atoms with Crippen LogP contribution in [0.15, 0.2) is 0 Å². The van der Waals surface area contributed by atoms with Crippen LogP contribution in [0.1, 0.15) is 20.8 Å². The van der Waals surface area contributed by atoms with E-state index in [1.54, 1.807) is 20.8 Å². The molecule has 0 aromatic rings. The fraction of sp³-hybridized carbons (Fsp3) is 0.714. The van der Waals surface area contributed by atoms with E-state index in [0.29, 0.717) is 0 Å². The summed E-state index contributed by atoms with van der Waals surface area (Å²) in [6, 6.07) is 0. The molecule has 0 aromatic carbocycles. The maximum atomic E-state index is 11.1. The van der Waals surface area contributed by atoms with Gasteiger partial charge in [0.1, 0.15) is 5.60 Å². The highest BCUT2D eigenvalue weighted by Gasteiger charge is 2.20. The second kappa shape index (κ2) is 3.42. The first-order valence-corrected chi connectivity index (χ1v) is 3.55. The molecular formula is C7H15N3O2. The van der Waals surface area contributed by atoms with Crippen LogP contribution < -0.4 is 5.73 Å². The van der Waals surface area contributed by atoms with E-state index in [1.165, 1.54) is 7.05 Å². The second-order valence-electron chi connectivity index (χ2n) is 3.42. The first-order valence-electron chi connectivity index (χ1n) is 3.55. The molecule has 0 aliphatic heterocycles. The smallest absolute Gasteiger partial charge is 0.416 e. The van der Waals surface area contributed by atoms with Gasteiger partial charge in [0.25, 0.3) is 0 Å². The minimum atomic E-state index is -0.616. The molecule has 0 heterocycles. The van der Waals surface area contributed by atoms with Crippen molar-refractivity contribution in [1.29, 1.82) is 5.41 Å². The molecule has 5 heteroatoms. The highest BCUT2D eigenvalue weighted by molar-refractivity contribution is 5.90. The van der Waals surface area contributed by atoms with E-state index in [-0.39, 0.29) is 5.96 Å². The van der Waals surface area contributed by atoms with Crippen LogP contribution in [0.2, 0.25) is 0 Å². The molecule has 0 unspecified atom stereocenters. The summed E-state index contributed by atoms with van der Waals surface area (Å²) in [5, 5.41) is 6.94. The van der Waals surface area contributed by atoms with Crippen LogP contribution in [-0.4, -0.2) is 29.6 Å². The number of hydrogen-bond donors (Lipinski definition) is 2. The van der Waals surface area contributed by atoms with E-state index in [0.717, 1.165) is 4.90 Å². The number of nitrogens with one attached hydrogen (secondary N) is 1. The second-order valence-corrected chi connectivity index (χ2v) is 3.42. The summed E-state index contributed by atoms with van der Waals surface area (Å²) >= 11 is 0. The maximum Gasteiger partial charge on any atom is 0.416 e. The van der Waals surface area contributed by atoms with Crippen molar-refractivity contribution in [2.75, 3.05) is 7.05 Å². The zero-order valence-corrected chi connectivity index (χ0v) is 7.84. The summed E-state index contributed by atoms with van der Waals surface area (Å²) in [4.78, 5) is 12.0. The number of carbonyl (C=O) groups is 1. The minimum Gasteiger partial charge on any atom is -0.443 e. The van der Waals surface area contributed by atoms with Crippen LogP contribution in [0.3, 0.4) is 0 Å². The average molecular weight is 173 g/mol. The minimum absolute atomic E-state index is 0.329. The first-order chi connectivity index (χ1) is 5.24. The summed E-state index contributed by atoms with van der Waals surface area (Å²) in [6.07, 6.45) is -0.616. The van der Waals surface area contributed by atoms with Crippen molar-refractivity contribution in [2.24, 2.45) is 5.73 Å². The van der Waals surface area contributed by atoms with Crippen LogP contribution >= 0.6 is 0 Å².